The second kappa shape index (κ2) is 9.35. The first-order valence-electron chi connectivity index (χ1n) is 7.54. The molecule has 0 spiro atoms. The van der Waals surface area contributed by atoms with Gasteiger partial charge in [0.2, 0.25) is 0 Å². The molecule has 2 rings (SSSR count). The topological polar surface area (TPSA) is 45.7 Å². The van der Waals surface area contributed by atoms with Crippen molar-refractivity contribution in [1.82, 2.24) is 10.6 Å². The first-order valence-corrected chi connectivity index (χ1v) is 8.53. The monoisotopic (exact) mass is 413 g/mol. The zero-order chi connectivity index (χ0) is 13.6. The Morgan fingerprint density at radius 1 is 1.30 bits per heavy atom. The smallest absolute Gasteiger partial charge is 0.191 e. The van der Waals surface area contributed by atoms with Crippen LogP contribution in [0.2, 0.25) is 0 Å². The molecule has 4 nitrogen and oxygen atoms in total. The number of nitrogens with one attached hydrogen (secondary N) is 2. The third kappa shape index (κ3) is 5.97. The van der Waals surface area contributed by atoms with Crippen LogP contribution in [0.3, 0.4) is 0 Å². The van der Waals surface area contributed by atoms with Crippen LogP contribution in [-0.4, -0.2) is 48.8 Å². The molecule has 2 aliphatic rings. The Morgan fingerprint density at radius 3 is 2.55 bits per heavy atom. The second-order valence-electron chi connectivity index (χ2n) is 5.34. The van der Waals surface area contributed by atoms with Crippen LogP contribution in [0.1, 0.15) is 39.5 Å². The molecule has 1 aliphatic heterocycles. The summed E-state index contributed by atoms with van der Waals surface area (Å²) in [5, 5.41) is 6.84. The SMILES string of the molecule is CCNC(=NCC1(SCC)CCOCC1)NC1CC1.I. The van der Waals surface area contributed by atoms with Gasteiger partial charge in [0.1, 0.15) is 0 Å². The van der Waals surface area contributed by atoms with Crippen molar-refractivity contribution >= 4 is 41.7 Å². The lowest BCUT2D eigenvalue weighted by molar-refractivity contribution is 0.0793. The molecule has 0 unspecified atom stereocenters. The van der Waals surface area contributed by atoms with E-state index in [2.05, 4.69) is 36.2 Å². The van der Waals surface area contributed by atoms with Gasteiger partial charge in [0, 0.05) is 30.5 Å². The van der Waals surface area contributed by atoms with Gasteiger partial charge in [-0.2, -0.15) is 11.8 Å². The fraction of sp³-hybridized carbons (Fsp3) is 0.929. The van der Waals surface area contributed by atoms with Crippen LogP contribution >= 0.6 is 35.7 Å². The highest BCUT2D eigenvalue weighted by Gasteiger charge is 2.32. The van der Waals surface area contributed by atoms with Gasteiger partial charge < -0.3 is 15.4 Å². The number of hydrogen-bond acceptors (Lipinski definition) is 3. The number of ether oxygens (including phenoxy) is 1. The highest BCUT2D eigenvalue weighted by molar-refractivity contribution is 14.0. The Bertz CT molecular complexity index is 299. The summed E-state index contributed by atoms with van der Waals surface area (Å²) in [5.41, 5.74) is 0. The standard InChI is InChI=1S/C14H27N3OS.HI/c1-3-15-13(17-12-5-6-12)16-11-14(19-4-2)7-9-18-10-8-14;/h12H,3-11H2,1-2H3,(H2,15,16,17);1H. The van der Waals surface area contributed by atoms with Crippen molar-refractivity contribution in [3.8, 4) is 0 Å². The molecule has 0 bridgehead atoms. The lowest BCUT2D eigenvalue weighted by Crippen LogP contribution is -2.41. The number of hydrogen-bond donors (Lipinski definition) is 2. The van der Waals surface area contributed by atoms with Gasteiger partial charge in [-0.15, -0.1) is 24.0 Å². The molecule has 1 heterocycles. The second-order valence-corrected chi connectivity index (χ2v) is 7.07. The molecule has 2 N–H and O–H groups in total. The molecule has 0 aromatic heterocycles. The van der Waals surface area contributed by atoms with Gasteiger partial charge >= 0.3 is 0 Å². The molecule has 0 aromatic rings. The summed E-state index contributed by atoms with van der Waals surface area (Å²) < 4.78 is 5.80. The maximum absolute atomic E-state index is 5.51. The van der Waals surface area contributed by atoms with Crippen LogP contribution in [-0.2, 0) is 4.74 Å². The van der Waals surface area contributed by atoms with Gasteiger partial charge in [-0.3, -0.25) is 4.99 Å². The van der Waals surface area contributed by atoms with E-state index in [1.54, 1.807) is 0 Å². The van der Waals surface area contributed by atoms with Crippen molar-refractivity contribution in [2.45, 2.75) is 50.3 Å². The maximum atomic E-state index is 5.51. The predicted molar refractivity (Wildman–Crippen MR) is 98.5 cm³/mol. The van der Waals surface area contributed by atoms with E-state index < -0.39 is 0 Å². The molecule has 0 aromatic carbocycles. The quantitative estimate of drug-likeness (QED) is 0.399. The fourth-order valence-electron chi connectivity index (χ4n) is 2.36. The molecular formula is C14H28IN3OS. The Kier molecular flexibility index (Phi) is 8.59. The van der Waals surface area contributed by atoms with Crippen LogP contribution < -0.4 is 10.6 Å². The summed E-state index contributed by atoms with van der Waals surface area (Å²) in [5.74, 6) is 2.15. The van der Waals surface area contributed by atoms with E-state index in [0.717, 1.165) is 50.9 Å². The number of nitrogens with zero attached hydrogens (tertiary/aromatic N) is 1. The van der Waals surface area contributed by atoms with E-state index in [1.165, 1.54) is 12.8 Å². The van der Waals surface area contributed by atoms with Gasteiger partial charge in [-0.25, -0.2) is 0 Å². The van der Waals surface area contributed by atoms with Gasteiger partial charge in [0.15, 0.2) is 5.96 Å². The van der Waals surface area contributed by atoms with Crippen LogP contribution in [0.15, 0.2) is 4.99 Å². The van der Waals surface area contributed by atoms with Crippen molar-refractivity contribution in [2.24, 2.45) is 4.99 Å². The average Bonchev–Trinajstić information content (AvgIpc) is 3.22. The summed E-state index contributed by atoms with van der Waals surface area (Å²) in [6, 6.07) is 0.655. The number of guanidine groups is 1. The van der Waals surface area contributed by atoms with Crippen molar-refractivity contribution in [1.29, 1.82) is 0 Å². The molecule has 1 saturated carbocycles. The molecule has 0 amide bonds. The first kappa shape index (κ1) is 18.4. The highest BCUT2D eigenvalue weighted by Crippen LogP contribution is 2.35. The Morgan fingerprint density at radius 2 is 2.00 bits per heavy atom. The normalized spacial score (nSPS) is 22.0. The Labute approximate surface area is 144 Å². The molecule has 6 heteroatoms. The Hall–Kier alpha value is 0.310. The lowest BCUT2D eigenvalue weighted by atomic mass is 9.99. The zero-order valence-corrected chi connectivity index (χ0v) is 15.8. The minimum Gasteiger partial charge on any atom is -0.381 e. The third-order valence-electron chi connectivity index (χ3n) is 3.64. The van der Waals surface area contributed by atoms with E-state index in [0.29, 0.717) is 10.8 Å². The van der Waals surface area contributed by atoms with Gasteiger partial charge in [-0.1, -0.05) is 6.92 Å². The van der Waals surface area contributed by atoms with Crippen molar-refractivity contribution in [3.63, 3.8) is 0 Å². The summed E-state index contributed by atoms with van der Waals surface area (Å²) in [7, 11) is 0. The van der Waals surface area contributed by atoms with Crippen LogP contribution in [0.4, 0.5) is 0 Å². The van der Waals surface area contributed by atoms with E-state index >= 15 is 0 Å². The molecule has 0 atom stereocenters. The molecule has 2 fully saturated rings. The number of rotatable bonds is 6. The van der Waals surface area contributed by atoms with Gasteiger partial charge in [-0.05, 0) is 38.4 Å². The molecule has 1 saturated heterocycles. The number of aliphatic imine (C=N–C) groups is 1. The number of halogens is 1. The van der Waals surface area contributed by atoms with Crippen molar-refractivity contribution in [3.05, 3.63) is 0 Å². The van der Waals surface area contributed by atoms with E-state index in [9.17, 15) is 0 Å². The molecule has 1 aliphatic carbocycles. The van der Waals surface area contributed by atoms with Crippen LogP contribution in [0, 0.1) is 0 Å². The Balaban J connectivity index is 0.00000200. The summed E-state index contributed by atoms with van der Waals surface area (Å²) in [6.45, 7) is 7.95. The lowest BCUT2D eigenvalue weighted by Gasteiger charge is -2.35. The maximum Gasteiger partial charge on any atom is 0.191 e. The first-order chi connectivity index (χ1) is 9.28. The van der Waals surface area contributed by atoms with Crippen molar-refractivity contribution < 1.29 is 4.74 Å². The van der Waals surface area contributed by atoms with Crippen molar-refractivity contribution in [2.75, 3.05) is 32.1 Å². The molecule has 118 valence electrons. The third-order valence-corrected chi connectivity index (χ3v) is 5.08. The highest BCUT2D eigenvalue weighted by atomic mass is 127. The molecule has 20 heavy (non-hydrogen) atoms. The minimum atomic E-state index is 0. The van der Waals surface area contributed by atoms with Crippen LogP contribution in [0.5, 0.6) is 0 Å². The molecule has 0 radical (unpaired) electrons. The van der Waals surface area contributed by atoms with Crippen LogP contribution in [0.25, 0.3) is 0 Å². The van der Waals surface area contributed by atoms with Gasteiger partial charge in [0.05, 0.1) is 6.54 Å². The fourth-order valence-corrected chi connectivity index (χ4v) is 3.59. The van der Waals surface area contributed by atoms with E-state index in [1.807, 2.05) is 0 Å². The average molecular weight is 413 g/mol. The minimum absolute atomic E-state index is 0. The predicted octanol–water partition coefficient (Wildman–Crippen LogP) is 2.62. The largest absolute Gasteiger partial charge is 0.381 e. The van der Waals surface area contributed by atoms with Gasteiger partial charge in [0.25, 0.3) is 0 Å². The number of thioether (sulfide) groups is 1. The van der Waals surface area contributed by atoms with E-state index in [4.69, 9.17) is 9.73 Å². The summed E-state index contributed by atoms with van der Waals surface area (Å²) in [4.78, 5) is 4.83. The summed E-state index contributed by atoms with van der Waals surface area (Å²) >= 11 is 2.05. The molecular weight excluding hydrogens is 385 g/mol. The van der Waals surface area contributed by atoms with E-state index in [-0.39, 0.29) is 24.0 Å². The zero-order valence-electron chi connectivity index (χ0n) is 12.6. The summed E-state index contributed by atoms with van der Waals surface area (Å²) in [6.07, 6.45) is 4.82.